The highest BCUT2D eigenvalue weighted by molar-refractivity contribution is 6.33. The van der Waals surface area contributed by atoms with Gasteiger partial charge in [-0.1, -0.05) is 23.7 Å². The SMILES string of the molecule is O=C(O)c1cnc(-c2cccc(C(=O)N3CCOC(C4CC4)C3)c2)c(Cl)c1. The summed E-state index contributed by atoms with van der Waals surface area (Å²) in [6, 6.07) is 8.47. The third kappa shape index (κ3) is 3.82. The number of ether oxygens (including phenoxy) is 1. The summed E-state index contributed by atoms with van der Waals surface area (Å²) in [5, 5.41) is 9.27. The van der Waals surface area contributed by atoms with Gasteiger partial charge in [0.15, 0.2) is 0 Å². The molecule has 1 aliphatic heterocycles. The molecule has 1 aromatic heterocycles. The zero-order valence-electron chi connectivity index (χ0n) is 14.6. The van der Waals surface area contributed by atoms with E-state index in [1.165, 1.54) is 25.1 Å². The van der Waals surface area contributed by atoms with E-state index in [9.17, 15) is 9.59 Å². The molecule has 0 spiro atoms. The number of amides is 1. The number of carboxylic acids is 1. The van der Waals surface area contributed by atoms with Crippen molar-refractivity contribution in [3.05, 3.63) is 52.7 Å². The van der Waals surface area contributed by atoms with E-state index in [2.05, 4.69) is 4.98 Å². The lowest BCUT2D eigenvalue weighted by molar-refractivity contribution is -0.0313. The van der Waals surface area contributed by atoms with Gasteiger partial charge in [-0.3, -0.25) is 9.78 Å². The van der Waals surface area contributed by atoms with Crippen LogP contribution >= 0.6 is 11.6 Å². The highest BCUT2D eigenvalue weighted by Gasteiger charge is 2.36. The molecule has 0 bridgehead atoms. The first-order valence-corrected chi connectivity index (χ1v) is 9.31. The van der Waals surface area contributed by atoms with Crippen molar-refractivity contribution in [1.82, 2.24) is 9.88 Å². The molecule has 27 heavy (non-hydrogen) atoms. The Morgan fingerprint density at radius 1 is 1.22 bits per heavy atom. The predicted octanol–water partition coefficient (Wildman–Crippen LogP) is 3.35. The number of carbonyl (C=O) groups excluding carboxylic acids is 1. The first kappa shape index (κ1) is 17.9. The van der Waals surface area contributed by atoms with Crippen molar-refractivity contribution < 1.29 is 19.4 Å². The molecule has 6 nitrogen and oxygen atoms in total. The van der Waals surface area contributed by atoms with Gasteiger partial charge < -0.3 is 14.7 Å². The van der Waals surface area contributed by atoms with E-state index in [4.69, 9.17) is 21.4 Å². The summed E-state index contributed by atoms with van der Waals surface area (Å²) in [4.78, 5) is 30.0. The third-order valence-electron chi connectivity index (χ3n) is 5.00. The number of nitrogens with zero attached hydrogens (tertiary/aromatic N) is 2. The average molecular weight is 387 g/mol. The minimum absolute atomic E-state index is 0.0235. The molecule has 2 aliphatic rings. The van der Waals surface area contributed by atoms with Crippen LogP contribution in [0.15, 0.2) is 36.5 Å². The smallest absolute Gasteiger partial charge is 0.337 e. The maximum atomic E-state index is 12.9. The van der Waals surface area contributed by atoms with E-state index >= 15 is 0 Å². The third-order valence-corrected chi connectivity index (χ3v) is 5.29. The predicted molar refractivity (Wildman–Crippen MR) is 100 cm³/mol. The Hall–Kier alpha value is -2.44. The van der Waals surface area contributed by atoms with E-state index < -0.39 is 5.97 Å². The molecular formula is C20H19ClN2O4. The van der Waals surface area contributed by atoms with Crippen molar-refractivity contribution in [1.29, 1.82) is 0 Å². The quantitative estimate of drug-likeness (QED) is 0.871. The van der Waals surface area contributed by atoms with Crippen molar-refractivity contribution >= 4 is 23.5 Å². The van der Waals surface area contributed by atoms with Gasteiger partial charge in [-0.25, -0.2) is 4.79 Å². The van der Waals surface area contributed by atoms with E-state index in [0.29, 0.717) is 42.4 Å². The van der Waals surface area contributed by atoms with Crippen LogP contribution in [0.1, 0.15) is 33.6 Å². The summed E-state index contributed by atoms with van der Waals surface area (Å²) in [6.07, 6.45) is 3.77. The lowest BCUT2D eigenvalue weighted by atomic mass is 10.1. The van der Waals surface area contributed by atoms with Crippen LogP contribution in [0.4, 0.5) is 0 Å². The molecule has 140 valence electrons. The fourth-order valence-electron chi connectivity index (χ4n) is 3.36. The normalized spacial score (nSPS) is 19.7. The van der Waals surface area contributed by atoms with E-state index in [0.717, 1.165) is 0 Å². The van der Waals surface area contributed by atoms with Gasteiger partial charge in [0.2, 0.25) is 0 Å². The molecule has 1 aliphatic carbocycles. The number of halogens is 1. The first-order chi connectivity index (χ1) is 13.0. The summed E-state index contributed by atoms with van der Waals surface area (Å²) < 4.78 is 5.79. The Balaban J connectivity index is 1.57. The molecule has 1 amide bonds. The van der Waals surface area contributed by atoms with E-state index in [-0.39, 0.29) is 22.6 Å². The number of morpholine rings is 1. The van der Waals surface area contributed by atoms with Gasteiger partial charge in [-0.15, -0.1) is 0 Å². The highest BCUT2D eigenvalue weighted by atomic mass is 35.5. The molecule has 2 fully saturated rings. The summed E-state index contributed by atoms with van der Waals surface area (Å²) in [5.41, 5.74) is 1.71. The Morgan fingerprint density at radius 2 is 2.04 bits per heavy atom. The molecule has 1 saturated heterocycles. The van der Waals surface area contributed by atoms with E-state index in [1.54, 1.807) is 24.3 Å². The summed E-state index contributed by atoms with van der Waals surface area (Å²) >= 11 is 6.21. The second-order valence-corrected chi connectivity index (χ2v) is 7.35. The molecule has 1 unspecified atom stereocenters. The van der Waals surface area contributed by atoms with Crippen LogP contribution in [0, 0.1) is 5.92 Å². The number of rotatable bonds is 4. The number of aromatic nitrogens is 1. The summed E-state index contributed by atoms with van der Waals surface area (Å²) in [7, 11) is 0. The van der Waals surface area contributed by atoms with Crippen molar-refractivity contribution in [3.63, 3.8) is 0 Å². The fraction of sp³-hybridized carbons (Fsp3) is 0.350. The minimum Gasteiger partial charge on any atom is -0.478 e. The van der Waals surface area contributed by atoms with Crippen LogP contribution in [0.25, 0.3) is 11.3 Å². The molecule has 2 heterocycles. The van der Waals surface area contributed by atoms with Gasteiger partial charge in [-0.2, -0.15) is 0 Å². The maximum absolute atomic E-state index is 12.9. The van der Waals surface area contributed by atoms with Crippen LogP contribution < -0.4 is 0 Å². The summed E-state index contributed by atoms with van der Waals surface area (Å²) in [5.74, 6) is -0.538. The average Bonchev–Trinajstić information content (AvgIpc) is 3.53. The summed E-state index contributed by atoms with van der Waals surface area (Å²) in [6.45, 7) is 1.77. The number of pyridine rings is 1. The zero-order chi connectivity index (χ0) is 19.0. The lowest BCUT2D eigenvalue weighted by Crippen LogP contribution is -2.46. The van der Waals surface area contributed by atoms with Crippen LogP contribution in [0.2, 0.25) is 5.02 Å². The van der Waals surface area contributed by atoms with E-state index in [1.807, 2.05) is 4.90 Å². The van der Waals surface area contributed by atoms with Gasteiger partial charge in [-0.05, 0) is 37.0 Å². The lowest BCUT2D eigenvalue weighted by Gasteiger charge is -2.33. The zero-order valence-corrected chi connectivity index (χ0v) is 15.4. The second kappa shape index (κ2) is 7.29. The minimum atomic E-state index is -1.09. The Bertz CT molecular complexity index is 897. The number of benzene rings is 1. The molecule has 1 N–H and O–H groups in total. The maximum Gasteiger partial charge on any atom is 0.337 e. The highest BCUT2D eigenvalue weighted by Crippen LogP contribution is 2.36. The molecule has 0 radical (unpaired) electrons. The van der Waals surface area contributed by atoms with Gasteiger partial charge in [0.05, 0.1) is 29.0 Å². The van der Waals surface area contributed by atoms with Crippen molar-refractivity contribution in [2.75, 3.05) is 19.7 Å². The molecule has 7 heteroatoms. The molecule has 1 aromatic carbocycles. The van der Waals surface area contributed by atoms with Gasteiger partial charge in [0, 0.05) is 30.4 Å². The number of carboxylic acid groups (broad SMARTS) is 1. The van der Waals surface area contributed by atoms with Crippen LogP contribution in [-0.4, -0.2) is 52.7 Å². The van der Waals surface area contributed by atoms with Crippen molar-refractivity contribution in [3.8, 4) is 11.3 Å². The number of hydrogen-bond donors (Lipinski definition) is 1. The van der Waals surface area contributed by atoms with Crippen LogP contribution in [0.5, 0.6) is 0 Å². The molecule has 1 saturated carbocycles. The Kier molecular flexibility index (Phi) is 4.85. The monoisotopic (exact) mass is 386 g/mol. The molecule has 4 rings (SSSR count). The van der Waals surface area contributed by atoms with Gasteiger partial charge in [0.1, 0.15) is 0 Å². The second-order valence-electron chi connectivity index (χ2n) is 6.94. The molecule has 1 atom stereocenters. The molecule has 2 aromatic rings. The number of aromatic carboxylic acids is 1. The number of carbonyl (C=O) groups is 2. The number of hydrogen-bond acceptors (Lipinski definition) is 4. The Morgan fingerprint density at radius 3 is 2.74 bits per heavy atom. The van der Waals surface area contributed by atoms with Crippen LogP contribution in [-0.2, 0) is 4.74 Å². The van der Waals surface area contributed by atoms with Gasteiger partial charge >= 0.3 is 5.97 Å². The Labute approximate surface area is 161 Å². The topological polar surface area (TPSA) is 79.7 Å². The standard InChI is InChI=1S/C20H19ClN2O4/c21-16-9-15(20(25)26)10-22-18(16)13-2-1-3-14(8-13)19(24)23-6-7-27-17(11-23)12-4-5-12/h1-3,8-10,12,17H,4-7,11H2,(H,25,26). The van der Waals surface area contributed by atoms with Gasteiger partial charge in [0.25, 0.3) is 5.91 Å². The first-order valence-electron chi connectivity index (χ1n) is 8.93. The fourth-order valence-corrected chi connectivity index (χ4v) is 3.64. The van der Waals surface area contributed by atoms with Crippen molar-refractivity contribution in [2.24, 2.45) is 5.92 Å². The largest absolute Gasteiger partial charge is 0.478 e. The van der Waals surface area contributed by atoms with Crippen LogP contribution in [0.3, 0.4) is 0 Å². The van der Waals surface area contributed by atoms with Crippen molar-refractivity contribution in [2.45, 2.75) is 18.9 Å². The molecular weight excluding hydrogens is 368 g/mol.